The molecule has 0 unspecified atom stereocenters. The van der Waals surface area contributed by atoms with Gasteiger partial charge in [-0.15, -0.1) is 0 Å². The van der Waals surface area contributed by atoms with Crippen LogP contribution in [0.1, 0.15) is 62.8 Å². The van der Waals surface area contributed by atoms with Crippen LogP contribution in [0.5, 0.6) is 5.75 Å². The molecular weight excluding hydrogens is 416 g/mol. The van der Waals surface area contributed by atoms with Gasteiger partial charge in [-0.2, -0.15) is 0 Å². The normalized spacial score (nSPS) is 24.2. The van der Waals surface area contributed by atoms with Crippen molar-refractivity contribution in [3.63, 3.8) is 0 Å². The standard InChI is InChI=1S/C26H40N4O3/c1-33-26-17-24(23(22-2-3-22)16-25(26)30(31)32)29-14-8-21(9-15-29)20-6-12-28(13-7-20)18-19-4-10-27-11-5-19/h16-17,19-22,27H,2-15,18H2,1H3. The second-order valence-corrected chi connectivity index (χ2v) is 10.8. The highest BCUT2D eigenvalue weighted by atomic mass is 16.6. The zero-order valence-electron chi connectivity index (χ0n) is 20.1. The first-order valence-corrected chi connectivity index (χ1v) is 13.2. The van der Waals surface area contributed by atoms with Crippen molar-refractivity contribution in [1.29, 1.82) is 0 Å². The molecule has 182 valence electrons. The topological polar surface area (TPSA) is 70.9 Å². The lowest BCUT2D eigenvalue weighted by atomic mass is 9.78. The van der Waals surface area contributed by atoms with Crippen molar-refractivity contribution in [2.45, 2.75) is 57.3 Å². The summed E-state index contributed by atoms with van der Waals surface area (Å²) in [4.78, 5) is 16.4. The molecule has 0 atom stereocenters. The largest absolute Gasteiger partial charge is 0.490 e. The molecule has 3 aliphatic heterocycles. The molecule has 4 fully saturated rings. The van der Waals surface area contributed by atoms with Crippen LogP contribution in [0.4, 0.5) is 11.4 Å². The van der Waals surface area contributed by atoms with Crippen LogP contribution in [0.3, 0.4) is 0 Å². The van der Waals surface area contributed by atoms with Gasteiger partial charge in [0, 0.05) is 37.5 Å². The number of hydrogen-bond donors (Lipinski definition) is 1. The Bertz CT molecular complexity index is 821. The highest BCUT2D eigenvalue weighted by molar-refractivity contribution is 5.66. The van der Waals surface area contributed by atoms with Crippen molar-refractivity contribution in [3.05, 3.63) is 27.8 Å². The molecule has 1 aromatic carbocycles. The first kappa shape index (κ1) is 22.9. The third-order valence-electron chi connectivity index (χ3n) is 8.70. The fourth-order valence-corrected chi connectivity index (χ4v) is 6.52. The predicted molar refractivity (Wildman–Crippen MR) is 131 cm³/mol. The van der Waals surface area contributed by atoms with Gasteiger partial charge in [-0.1, -0.05) is 0 Å². The maximum atomic E-state index is 11.5. The zero-order chi connectivity index (χ0) is 22.8. The molecule has 0 bridgehead atoms. The summed E-state index contributed by atoms with van der Waals surface area (Å²) in [6, 6.07) is 3.72. The molecule has 1 aliphatic carbocycles. The number of nitrogens with one attached hydrogen (secondary N) is 1. The molecule has 1 saturated carbocycles. The number of piperidine rings is 3. The minimum atomic E-state index is -0.307. The van der Waals surface area contributed by atoms with Gasteiger partial charge in [-0.05, 0) is 107 Å². The third kappa shape index (κ3) is 5.29. The zero-order valence-corrected chi connectivity index (χ0v) is 20.1. The number of benzene rings is 1. The Morgan fingerprint density at radius 3 is 2.18 bits per heavy atom. The van der Waals surface area contributed by atoms with Crippen molar-refractivity contribution in [3.8, 4) is 5.75 Å². The summed E-state index contributed by atoms with van der Waals surface area (Å²) < 4.78 is 5.40. The first-order valence-electron chi connectivity index (χ1n) is 13.2. The van der Waals surface area contributed by atoms with Crippen LogP contribution in [0.15, 0.2) is 12.1 Å². The molecule has 4 aliphatic rings. The number of hydrogen-bond acceptors (Lipinski definition) is 6. The van der Waals surface area contributed by atoms with Gasteiger partial charge in [0.25, 0.3) is 0 Å². The van der Waals surface area contributed by atoms with E-state index in [9.17, 15) is 10.1 Å². The van der Waals surface area contributed by atoms with Crippen molar-refractivity contribution in [2.24, 2.45) is 17.8 Å². The lowest BCUT2D eigenvalue weighted by Gasteiger charge is -2.42. The van der Waals surface area contributed by atoms with Crippen molar-refractivity contribution >= 4 is 11.4 Å². The van der Waals surface area contributed by atoms with Gasteiger partial charge in [-0.3, -0.25) is 10.1 Å². The van der Waals surface area contributed by atoms with Gasteiger partial charge in [-0.25, -0.2) is 0 Å². The minimum absolute atomic E-state index is 0.106. The summed E-state index contributed by atoms with van der Waals surface area (Å²) in [5.41, 5.74) is 2.44. The van der Waals surface area contributed by atoms with E-state index in [1.807, 2.05) is 6.07 Å². The Morgan fingerprint density at radius 1 is 0.970 bits per heavy atom. The van der Waals surface area contributed by atoms with E-state index >= 15 is 0 Å². The van der Waals surface area contributed by atoms with Gasteiger partial charge in [0.2, 0.25) is 0 Å². The van der Waals surface area contributed by atoms with Crippen LogP contribution in [-0.2, 0) is 0 Å². The number of likely N-dealkylation sites (tertiary alicyclic amines) is 1. The number of ether oxygens (including phenoxy) is 1. The third-order valence-corrected chi connectivity index (χ3v) is 8.70. The lowest BCUT2D eigenvalue weighted by molar-refractivity contribution is -0.385. The maximum Gasteiger partial charge on any atom is 0.311 e. The van der Waals surface area contributed by atoms with Crippen molar-refractivity contribution in [2.75, 3.05) is 57.8 Å². The summed E-state index contributed by atoms with van der Waals surface area (Å²) in [7, 11) is 1.53. The van der Waals surface area contributed by atoms with E-state index in [2.05, 4.69) is 15.1 Å². The Morgan fingerprint density at radius 2 is 1.61 bits per heavy atom. The number of nitrogens with zero attached hydrogens (tertiary/aromatic N) is 3. The van der Waals surface area contributed by atoms with Crippen LogP contribution >= 0.6 is 0 Å². The Kier molecular flexibility index (Phi) is 7.07. The first-order chi connectivity index (χ1) is 16.1. The molecule has 0 radical (unpaired) electrons. The van der Waals surface area contributed by atoms with Gasteiger partial charge in [0.1, 0.15) is 0 Å². The van der Waals surface area contributed by atoms with E-state index in [0.29, 0.717) is 11.7 Å². The summed E-state index contributed by atoms with van der Waals surface area (Å²) in [5, 5.41) is 15.0. The summed E-state index contributed by atoms with van der Waals surface area (Å²) in [6.07, 6.45) is 10.2. The second kappa shape index (κ2) is 10.2. The summed E-state index contributed by atoms with van der Waals surface area (Å²) in [6.45, 7) is 8.37. The van der Waals surface area contributed by atoms with Crippen LogP contribution < -0.4 is 15.0 Å². The van der Waals surface area contributed by atoms with Gasteiger partial charge in [0.15, 0.2) is 5.75 Å². The Balaban J connectivity index is 1.17. The monoisotopic (exact) mass is 456 g/mol. The van der Waals surface area contributed by atoms with Gasteiger partial charge < -0.3 is 19.9 Å². The summed E-state index contributed by atoms with van der Waals surface area (Å²) in [5.74, 6) is 3.46. The van der Waals surface area contributed by atoms with E-state index in [1.54, 1.807) is 6.07 Å². The second-order valence-electron chi connectivity index (χ2n) is 10.8. The number of methoxy groups -OCH3 is 1. The minimum Gasteiger partial charge on any atom is -0.490 e. The lowest BCUT2D eigenvalue weighted by Crippen LogP contribution is -2.43. The Labute approximate surface area is 198 Å². The smallest absolute Gasteiger partial charge is 0.311 e. The molecule has 7 nitrogen and oxygen atoms in total. The molecule has 33 heavy (non-hydrogen) atoms. The predicted octanol–water partition coefficient (Wildman–Crippen LogP) is 4.41. The number of anilines is 1. The number of nitro groups is 1. The summed E-state index contributed by atoms with van der Waals surface area (Å²) >= 11 is 0. The maximum absolute atomic E-state index is 11.5. The molecule has 0 spiro atoms. The molecule has 1 N–H and O–H groups in total. The van der Waals surface area contributed by atoms with Gasteiger partial charge >= 0.3 is 5.69 Å². The highest BCUT2D eigenvalue weighted by Crippen LogP contribution is 2.48. The molecule has 5 rings (SSSR count). The fourth-order valence-electron chi connectivity index (χ4n) is 6.52. The molecule has 3 saturated heterocycles. The molecule has 0 aromatic heterocycles. The molecule has 7 heteroatoms. The van der Waals surface area contributed by atoms with Crippen molar-refractivity contribution in [1.82, 2.24) is 10.2 Å². The van der Waals surface area contributed by atoms with E-state index in [1.165, 1.54) is 84.0 Å². The number of nitro benzene ring substituents is 1. The molecular formula is C26H40N4O3. The number of rotatable bonds is 7. The van der Waals surface area contributed by atoms with E-state index < -0.39 is 0 Å². The SMILES string of the molecule is COc1cc(N2CCC(C3CCN(CC4CCNCC4)CC3)CC2)c(C2CC2)cc1[N+](=O)[O-]. The molecule has 0 amide bonds. The highest BCUT2D eigenvalue weighted by Gasteiger charge is 2.35. The van der Waals surface area contributed by atoms with Crippen LogP contribution in [0.25, 0.3) is 0 Å². The van der Waals surface area contributed by atoms with Crippen molar-refractivity contribution < 1.29 is 9.66 Å². The van der Waals surface area contributed by atoms with E-state index in [-0.39, 0.29) is 10.6 Å². The quantitative estimate of drug-likeness (QED) is 0.484. The average Bonchev–Trinajstić information content (AvgIpc) is 3.70. The van der Waals surface area contributed by atoms with Crippen LogP contribution in [0, 0.1) is 27.9 Å². The Hall–Kier alpha value is -1.86. The van der Waals surface area contributed by atoms with E-state index in [0.717, 1.165) is 49.2 Å². The van der Waals surface area contributed by atoms with E-state index in [4.69, 9.17) is 4.74 Å². The molecule has 3 heterocycles. The van der Waals surface area contributed by atoms with Crippen LogP contribution in [0.2, 0.25) is 0 Å². The fraction of sp³-hybridized carbons (Fsp3) is 0.769. The average molecular weight is 457 g/mol. The van der Waals surface area contributed by atoms with Gasteiger partial charge in [0.05, 0.1) is 12.0 Å². The van der Waals surface area contributed by atoms with Crippen LogP contribution in [-0.4, -0.2) is 62.7 Å². The molecule has 1 aromatic rings.